The summed E-state index contributed by atoms with van der Waals surface area (Å²) < 4.78 is 6.04. The Morgan fingerprint density at radius 3 is 2.60 bits per heavy atom. The van der Waals surface area contributed by atoms with Gasteiger partial charge in [-0.2, -0.15) is 0 Å². The lowest BCUT2D eigenvalue weighted by Gasteiger charge is -2.15. The summed E-state index contributed by atoms with van der Waals surface area (Å²) in [5.41, 5.74) is 3.24. The second-order valence-corrected chi connectivity index (χ2v) is 6.78. The third kappa shape index (κ3) is 3.24. The van der Waals surface area contributed by atoms with Gasteiger partial charge in [-0.15, -0.1) is 0 Å². The number of fused-ring (bicyclic) bond motifs is 1. The van der Waals surface area contributed by atoms with Crippen LogP contribution >= 0.6 is 0 Å². The Hall–Kier alpha value is -2.40. The maximum absolute atomic E-state index is 6.04. The maximum Gasteiger partial charge on any atom is 0.225 e. The Kier molecular flexibility index (Phi) is 4.40. The summed E-state index contributed by atoms with van der Waals surface area (Å²) in [6.07, 6.45) is 6.32. The van der Waals surface area contributed by atoms with Crippen LogP contribution in [0.15, 0.2) is 41.1 Å². The quantitative estimate of drug-likeness (QED) is 0.764. The van der Waals surface area contributed by atoms with Crippen molar-refractivity contribution in [2.75, 3.05) is 18.0 Å². The van der Waals surface area contributed by atoms with E-state index in [0.717, 1.165) is 42.5 Å². The molecule has 0 radical (unpaired) electrons. The van der Waals surface area contributed by atoms with Crippen molar-refractivity contribution >= 4 is 16.9 Å². The van der Waals surface area contributed by atoms with E-state index in [9.17, 15) is 0 Å². The third-order valence-corrected chi connectivity index (χ3v) is 4.97. The number of aromatic nitrogens is 2. The number of aryl methyl sites for hydroxylation is 1. The molecule has 3 aromatic rings. The first-order valence-corrected chi connectivity index (χ1v) is 8.99. The minimum atomic E-state index is 0.130. The smallest absolute Gasteiger partial charge is 0.225 e. The summed E-state index contributed by atoms with van der Waals surface area (Å²) in [5, 5.41) is 4.70. The predicted octanol–water partition coefficient (Wildman–Crippen LogP) is 3.98. The van der Waals surface area contributed by atoms with Crippen molar-refractivity contribution in [2.45, 2.75) is 39.3 Å². The Morgan fingerprint density at radius 1 is 1.16 bits per heavy atom. The van der Waals surface area contributed by atoms with Gasteiger partial charge in [0.15, 0.2) is 0 Å². The third-order valence-electron chi connectivity index (χ3n) is 4.97. The van der Waals surface area contributed by atoms with Crippen LogP contribution in [0.4, 0.5) is 5.95 Å². The molecule has 2 aromatic heterocycles. The normalized spacial score (nSPS) is 15.8. The Balaban J connectivity index is 1.42. The van der Waals surface area contributed by atoms with E-state index in [4.69, 9.17) is 4.42 Å². The molecule has 0 bridgehead atoms. The SMILES string of the molecule is Cc1c([C@H](C)NCc2cnc(N3CCCC3)nc2)oc2ccccc12. The van der Waals surface area contributed by atoms with Gasteiger partial charge >= 0.3 is 0 Å². The molecule has 1 aromatic carbocycles. The first kappa shape index (κ1) is 16.1. The second kappa shape index (κ2) is 6.84. The van der Waals surface area contributed by atoms with E-state index in [1.165, 1.54) is 23.8 Å². The summed E-state index contributed by atoms with van der Waals surface area (Å²) in [6.45, 7) is 7.11. The molecule has 0 aliphatic carbocycles. The summed E-state index contributed by atoms with van der Waals surface area (Å²) in [6, 6.07) is 8.31. The Bertz CT molecular complexity index is 850. The first-order valence-electron chi connectivity index (χ1n) is 8.99. The van der Waals surface area contributed by atoms with Crippen LogP contribution in [-0.4, -0.2) is 23.1 Å². The van der Waals surface area contributed by atoms with E-state index in [0.29, 0.717) is 0 Å². The molecule has 0 unspecified atom stereocenters. The summed E-state index contributed by atoms with van der Waals surface area (Å²) in [7, 11) is 0. The molecule has 130 valence electrons. The molecule has 1 aliphatic heterocycles. The van der Waals surface area contributed by atoms with Crippen LogP contribution in [0.1, 0.15) is 42.7 Å². The van der Waals surface area contributed by atoms with E-state index in [2.05, 4.69) is 40.1 Å². The van der Waals surface area contributed by atoms with Gasteiger partial charge in [0.2, 0.25) is 5.95 Å². The van der Waals surface area contributed by atoms with Crippen molar-refractivity contribution in [1.82, 2.24) is 15.3 Å². The van der Waals surface area contributed by atoms with Crippen LogP contribution in [0, 0.1) is 6.92 Å². The van der Waals surface area contributed by atoms with E-state index in [1.54, 1.807) is 0 Å². The highest BCUT2D eigenvalue weighted by atomic mass is 16.3. The fourth-order valence-corrected chi connectivity index (χ4v) is 3.49. The predicted molar refractivity (Wildman–Crippen MR) is 99.7 cm³/mol. The van der Waals surface area contributed by atoms with Crippen molar-refractivity contribution in [3.63, 3.8) is 0 Å². The van der Waals surface area contributed by atoms with Crippen molar-refractivity contribution < 1.29 is 4.42 Å². The zero-order chi connectivity index (χ0) is 17.2. The number of anilines is 1. The fourth-order valence-electron chi connectivity index (χ4n) is 3.49. The molecule has 1 atom stereocenters. The Labute approximate surface area is 148 Å². The van der Waals surface area contributed by atoms with E-state index >= 15 is 0 Å². The molecule has 1 N–H and O–H groups in total. The maximum atomic E-state index is 6.04. The highest BCUT2D eigenvalue weighted by Crippen LogP contribution is 2.29. The molecule has 25 heavy (non-hydrogen) atoms. The first-order chi connectivity index (χ1) is 12.2. The van der Waals surface area contributed by atoms with Crippen molar-refractivity contribution in [3.8, 4) is 0 Å². The van der Waals surface area contributed by atoms with Gasteiger partial charge in [-0.3, -0.25) is 0 Å². The van der Waals surface area contributed by atoms with Gasteiger partial charge in [0.05, 0.1) is 6.04 Å². The highest BCUT2D eigenvalue weighted by Gasteiger charge is 2.17. The fraction of sp³-hybridized carbons (Fsp3) is 0.400. The topological polar surface area (TPSA) is 54.2 Å². The van der Waals surface area contributed by atoms with E-state index < -0.39 is 0 Å². The number of hydrogen-bond donors (Lipinski definition) is 1. The van der Waals surface area contributed by atoms with Crippen LogP contribution in [-0.2, 0) is 6.54 Å². The number of furan rings is 1. The molecular formula is C20H24N4O. The van der Waals surface area contributed by atoms with Crippen molar-refractivity contribution in [3.05, 3.63) is 53.5 Å². The number of para-hydroxylation sites is 1. The van der Waals surface area contributed by atoms with Crippen molar-refractivity contribution in [2.24, 2.45) is 0 Å². The zero-order valence-electron chi connectivity index (χ0n) is 14.8. The molecule has 0 spiro atoms. The number of nitrogens with zero attached hydrogens (tertiary/aromatic N) is 3. The van der Waals surface area contributed by atoms with Crippen molar-refractivity contribution in [1.29, 1.82) is 0 Å². The largest absolute Gasteiger partial charge is 0.459 e. The molecular weight excluding hydrogens is 312 g/mol. The lowest BCUT2D eigenvalue weighted by molar-refractivity contribution is 0.447. The number of hydrogen-bond acceptors (Lipinski definition) is 5. The van der Waals surface area contributed by atoms with Gasteiger partial charge in [-0.05, 0) is 38.3 Å². The van der Waals surface area contributed by atoms with Gasteiger partial charge in [0, 0.05) is 43.0 Å². The molecule has 4 rings (SSSR count). The molecule has 1 aliphatic rings. The molecule has 0 saturated carbocycles. The van der Waals surface area contributed by atoms with Crippen LogP contribution in [0.5, 0.6) is 0 Å². The van der Waals surface area contributed by atoms with Gasteiger partial charge in [0.1, 0.15) is 11.3 Å². The van der Waals surface area contributed by atoms with Crippen LogP contribution in [0.2, 0.25) is 0 Å². The Morgan fingerprint density at radius 2 is 1.88 bits per heavy atom. The van der Waals surface area contributed by atoms with Gasteiger partial charge in [-0.25, -0.2) is 9.97 Å². The molecule has 1 saturated heterocycles. The average Bonchev–Trinajstić information content (AvgIpc) is 3.29. The summed E-state index contributed by atoms with van der Waals surface area (Å²) in [5.74, 6) is 1.85. The summed E-state index contributed by atoms with van der Waals surface area (Å²) >= 11 is 0. The van der Waals surface area contributed by atoms with E-state index in [1.807, 2.05) is 30.6 Å². The monoisotopic (exact) mass is 336 g/mol. The minimum Gasteiger partial charge on any atom is -0.459 e. The summed E-state index contributed by atoms with van der Waals surface area (Å²) in [4.78, 5) is 11.3. The highest BCUT2D eigenvalue weighted by molar-refractivity contribution is 5.82. The van der Waals surface area contributed by atoms with Crippen LogP contribution < -0.4 is 10.2 Å². The molecule has 5 nitrogen and oxygen atoms in total. The lowest BCUT2D eigenvalue weighted by atomic mass is 10.1. The number of benzene rings is 1. The van der Waals surface area contributed by atoms with Crippen LogP contribution in [0.3, 0.4) is 0 Å². The minimum absolute atomic E-state index is 0.130. The second-order valence-electron chi connectivity index (χ2n) is 6.78. The molecule has 3 heterocycles. The molecule has 5 heteroatoms. The average molecular weight is 336 g/mol. The molecule has 0 amide bonds. The van der Waals surface area contributed by atoms with Gasteiger partial charge in [-0.1, -0.05) is 18.2 Å². The molecule has 1 fully saturated rings. The number of nitrogens with one attached hydrogen (secondary N) is 1. The van der Waals surface area contributed by atoms with Crippen LogP contribution in [0.25, 0.3) is 11.0 Å². The standard InChI is InChI=1S/C20H24N4O/c1-14-17-7-3-4-8-18(17)25-19(14)15(2)21-11-16-12-22-20(23-13-16)24-9-5-6-10-24/h3-4,7-8,12-13,15,21H,5-6,9-11H2,1-2H3/t15-/m0/s1. The van der Waals surface area contributed by atoms with E-state index in [-0.39, 0.29) is 6.04 Å². The van der Waals surface area contributed by atoms with Gasteiger partial charge in [0.25, 0.3) is 0 Å². The lowest BCUT2D eigenvalue weighted by Crippen LogP contribution is -2.21. The van der Waals surface area contributed by atoms with Gasteiger partial charge < -0.3 is 14.6 Å². The number of rotatable bonds is 5. The zero-order valence-corrected chi connectivity index (χ0v) is 14.8.